The van der Waals surface area contributed by atoms with Gasteiger partial charge in [0.2, 0.25) is 0 Å². The highest BCUT2D eigenvalue weighted by Gasteiger charge is 2.21. The number of rotatable bonds is 5. The zero-order valence-electron chi connectivity index (χ0n) is 10.2. The van der Waals surface area contributed by atoms with Gasteiger partial charge in [-0.1, -0.05) is 0 Å². The van der Waals surface area contributed by atoms with E-state index in [1.165, 1.54) is 0 Å². The van der Waals surface area contributed by atoms with E-state index >= 15 is 0 Å². The van der Waals surface area contributed by atoms with E-state index in [0.717, 1.165) is 8.04 Å². The van der Waals surface area contributed by atoms with Crippen molar-refractivity contribution in [2.75, 3.05) is 18.6 Å². The van der Waals surface area contributed by atoms with Crippen LogP contribution in [0.1, 0.15) is 17.3 Å². The van der Waals surface area contributed by atoms with Crippen molar-refractivity contribution in [3.63, 3.8) is 0 Å². The summed E-state index contributed by atoms with van der Waals surface area (Å²) < 4.78 is 1.75. The van der Waals surface area contributed by atoms with Gasteiger partial charge in [0.25, 0.3) is 5.91 Å². The smallest absolute Gasteiger partial charge is 0.252 e. The Morgan fingerprint density at radius 1 is 1.61 bits per heavy atom. The molecule has 0 saturated heterocycles. The van der Waals surface area contributed by atoms with Gasteiger partial charge in [-0.3, -0.25) is 4.79 Å². The number of nitrogens with one attached hydrogen (secondary N) is 1. The Kier molecular flexibility index (Phi) is 6.43. The number of aliphatic hydroxyl groups is 1. The highest BCUT2D eigenvalue weighted by molar-refractivity contribution is 14.1. The fourth-order valence-corrected chi connectivity index (χ4v) is 3.04. The van der Waals surface area contributed by atoms with Gasteiger partial charge in [0.15, 0.2) is 0 Å². The SMILES string of the molecule is CSCC(C)(O)CNC(=O)c1cc(I)ccc1Br. The third-order valence-corrected chi connectivity index (χ3v) is 4.53. The molecule has 0 fully saturated rings. The molecule has 0 heterocycles. The molecule has 0 aliphatic carbocycles. The molecule has 1 unspecified atom stereocenters. The largest absolute Gasteiger partial charge is 0.387 e. The minimum absolute atomic E-state index is 0.179. The number of carbonyl (C=O) groups is 1. The Labute approximate surface area is 133 Å². The van der Waals surface area contributed by atoms with Crippen LogP contribution in [0, 0.1) is 3.57 Å². The summed E-state index contributed by atoms with van der Waals surface area (Å²) in [5.41, 5.74) is -0.300. The Morgan fingerprint density at radius 3 is 2.89 bits per heavy atom. The van der Waals surface area contributed by atoms with Gasteiger partial charge in [0.1, 0.15) is 0 Å². The molecule has 0 spiro atoms. The van der Waals surface area contributed by atoms with Crippen LogP contribution in [-0.4, -0.2) is 35.2 Å². The van der Waals surface area contributed by atoms with E-state index in [4.69, 9.17) is 0 Å². The first kappa shape index (κ1) is 16.3. The molecule has 0 aliphatic rings. The maximum Gasteiger partial charge on any atom is 0.252 e. The predicted molar refractivity (Wildman–Crippen MR) is 88.2 cm³/mol. The van der Waals surface area contributed by atoms with E-state index < -0.39 is 5.60 Å². The molecule has 1 rings (SSSR count). The van der Waals surface area contributed by atoms with E-state index in [9.17, 15) is 9.90 Å². The van der Waals surface area contributed by atoms with Crippen LogP contribution in [-0.2, 0) is 0 Å². The van der Waals surface area contributed by atoms with Gasteiger partial charge in [0.05, 0.1) is 11.2 Å². The van der Waals surface area contributed by atoms with E-state index in [2.05, 4.69) is 43.8 Å². The molecule has 0 aromatic heterocycles. The first-order valence-electron chi connectivity index (χ1n) is 5.30. The van der Waals surface area contributed by atoms with Crippen molar-refractivity contribution in [3.8, 4) is 0 Å². The van der Waals surface area contributed by atoms with Crippen molar-refractivity contribution in [1.82, 2.24) is 5.32 Å². The summed E-state index contributed by atoms with van der Waals surface area (Å²) in [6, 6.07) is 5.57. The maximum atomic E-state index is 12.0. The normalized spacial score (nSPS) is 14.1. The molecule has 3 nitrogen and oxygen atoms in total. The Hall–Kier alpha value is 0.210. The summed E-state index contributed by atoms with van der Waals surface area (Å²) >= 11 is 7.06. The highest BCUT2D eigenvalue weighted by atomic mass is 127. The van der Waals surface area contributed by atoms with Gasteiger partial charge in [-0.15, -0.1) is 0 Å². The Bertz CT molecular complexity index is 440. The fourth-order valence-electron chi connectivity index (χ4n) is 1.40. The summed E-state index contributed by atoms with van der Waals surface area (Å²) in [7, 11) is 0. The molecule has 2 N–H and O–H groups in total. The summed E-state index contributed by atoms with van der Waals surface area (Å²) in [5.74, 6) is 0.405. The van der Waals surface area contributed by atoms with Crippen LogP contribution in [0.3, 0.4) is 0 Å². The van der Waals surface area contributed by atoms with Crippen molar-refractivity contribution in [3.05, 3.63) is 31.8 Å². The molecular formula is C12H15BrINO2S. The van der Waals surface area contributed by atoms with Crippen LogP contribution in [0.4, 0.5) is 0 Å². The number of hydrogen-bond donors (Lipinski definition) is 2. The Morgan fingerprint density at radius 2 is 2.28 bits per heavy atom. The molecular weight excluding hydrogens is 429 g/mol. The van der Waals surface area contributed by atoms with Crippen molar-refractivity contribution in [1.29, 1.82) is 0 Å². The van der Waals surface area contributed by atoms with Crippen LogP contribution >= 0.6 is 50.3 Å². The fraction of sp³-hybridized carbons (Fsp3) is 0.417. The summed E-state index contributed by atoms with van der Waals surface area (Å²) in [6.07, 6.45) is 1.92. The second kappa shape index (κ2) is 7.12. The third kappa shape index (κ3) is 5.07. The summed E-state index contributed by atoms with van der Waals surface area (Å²) in [4.78, 5) is 12.0. The second-order valence-corrected chi connectivity index (χ2v) is 7.20. The molecule has 1 aromatic rings. The van der Waals surface area contributed by atoms with Crippen molar-refractivity contribution >= 4 is 56.2 Å². The van der Waals surface area contributed by atoms with Gasteiger partial charge in [-0.05, 0) is 69.9 Å². The molecule has 0 radical (unpaired) electrons. The monoisotopic (exact) mass is 443 g/mol. The lowest BCUT2D eigenvalue weighted by molar-refractivity contribution is 0.0724. The zero-order chi connectivity index (χ0) is 13.8. The minimum Gasteiger partial charge on any atom is -0.387 e. The molecule has 0 saturated carbocycles. The number of hydrogen-bond acceptors (Lipinski definition) is 3. The van der Waals surface area contributed by atoms with Crippen molar-refractivity contribution in [2.24, 2.45) is 0 Å². The van der Waals surface area contributed by atoms with Crippen LogP contribution in [0.15, 0.2) is 22.7 Å². The molecule has 0 aliphatic heterocycles. The van der Waals surface area contributed by atoms with Gasteiger partial charge in [-0.25, -0.2) is 0 Å². The summed E-state index contributed by atoms with van der Waals surface area (Å²) in [5, 5.41) is 12.7. The van der Waals surface area contributed by atoms with Crippen LogP contribution < -0.4 is 5.32 Å². The van der Waals surface area contributed by atoms with Crippen molar-refractivity contribution in [2.45, 2.75) is 12.5 Å². The number of amides is 1. The molecule has 18 heavy (non-hydrogen) atoms. The number of thioether (sulfide) groups is 1. The molecule has 6 heteroatoms. The van der Waals surface area contributed by atoms with Gasteiger partial charge in [0, 0.05) is 20.3 Å². The lowest BCUT2D eigenvalue weighted by Crippen LogP contribution is -2.42. The van der Waals surface area contributed by atoms with Crippen LogP contribution in [0.25, 0.3) is 0 Å². The standard InChI is InChI=1S/C12H15BrINO2S/c1-12(17,7-18-2)6-15-11(16)9-5-8(14)3-4-10(9)13/h3-5,17H,6-7H2,1-2H3,(H,15,16). The lowest BCUT2D eigenvalue weighted by atomic mass is 10.1. The average Bonchev–Trinajstić information content (AvgIpc) is 2.29. The van der Waals surface area contributed by atoms with E-state index in [1.54, 1.807) is 18.7 Å². The Balaban J connectivity index is 2.69. The van der Waals surface area contributed by atoms with Gasteiger partial charge < -0.3 is 10.4 Å². The van der Waals surface area contributed by atoms with E-state index in [1.807, 2.05) is 24.5 Å². The first-order chi connectivity index (χ1) is 8.35. The molecule has 1 amide bonds. The van der Waals surface area contributed by atoms with Gasteiger partial charge in [-0.2, -0.15) is 11.8 Å². The first-order valence-corrected chi connectivity index (χ1v) is 8.57. The highest BCUT2D eigenvalue weighted by Crippen LogP contribution is 2.19. The quantitative estimate of drug-likeness (QED) is 0.688. The second-order valence-electron chi connectivity index (χ2n) is 4.24. The zero-order valence-corrected chi connectivity index (χ0v) is 14.7. The average molecular weight is 444 g/mol. The van der Waals surface area contributed by atoms with Crippen LogP contribution in [0.2, 0.25) is 0 Å². The van der Waals surface area contributed by atoms with E-state index in [-0.39, 0.29) is 12.5 Å². The van der Waals surface area contributed by atoms with Crippen molar-refractivity contribution < 1.29 is 9.90 Å². The van der Waals surface area contributed by atoms with Gasteiger partial charge >= 0.3 is 0 Å². The minimum atomic E-state index is -0.885. The third-order valence-electron chi connectivity index (χ3n) is 2.26. The number of benzene rings is 1. The summed E-state index contributed by atoms with van der Waals surface area (Å²) in [6.45, 7) is 1.96. The van der Waals surface area contributed by atoms with Crippen LogP contribution in [0.5, 0.6) is 0 Å². The lowest BCUT2D eigenvalue weighted by Gasteiger charge is -2.22. The maximum absolute atomic E-state index is 12.0. The molecule has 100 valence electrons. The molecule has 1 aromatic carbocycles. The number of halogens is 2. The topological polar surface area (TPSA) is 49.3 Å². The predicted octanol–water partition coefficient (Wildman–Crippen LogP) is 2.90. The molecule has 1 atom stereocenters. The molecule has 0 bridgehead atoms. The van der Waals surface area contributed by atoms with E-state index in [0.29, 0.717) is 11.3 Å². The number of carbonyl (C=O) groups excluding carboxylic acids is 1.